The van der Waals surface area contributed by atoms with E-state index in [4.69, 9.17) is 5.73 Å². The predicted molar refractivity (Wildman–Crippen MR) is 87.5 cm³/mol. The zero-order valence-corrected chi connectivity index (χ0v) is 13.6. The molecular weight excluding hydrogens is 280 g/mol. The third kappa shape index (κ3) is 3.27. The van der Waals surface area contributed by atoms with Crippen molar-refractivity contribution in [1.82, 2.24) is 5.32 Å². The van der Waals surface area contributed by atoms with Gasteiger partial charge < -0.3 is 11.1 Å². The third-order valence-corrected chi connectivity index (χ3v) is 6.04. The fourth-order valence-electron chi connectivity index (χ4n) is 3.12. The van der Waals surface area contributed by atoms with Crippen LogP contribution in [0.25, 0.3) is 0 Å². The lowest BCUT2D eigenvalue weighted by Crippen LogP contribution is -2.54. The number of aryl methyl sites for hydroxylation is 2. The van der Waals surface area contributed by atoms with Crippen molar-refractivity contribution in [3.8, 4) is 0 Å². The molecule has 0 radical (unpaired) electrons. The largest absolute Gasteiger partial charge is 0.368 e. The first-order valence-electron chi connectivity index (χ1n) is 7.80. The molecule has 3 nitrogen and oxygen atoms in total. The van der Waals surface area contributed by atoms with Gasteiger partial charge in [-0.05, 0) is 69.2 Å². The Kier molecular flexibility index (Phi) is 4.02. The molecule has 1 aromatic carbocycles. The van der Waals surface area contributed by atoms with Crippen LogP contribution in [-0.2, 0) is 4.79 Å². The first-order chi connectivity index (χ1) is 9.98. The quantitative estimate of drug-likeness (QED) is 0.879. The molecule has 0 aliphatic heterocycles. The van der Waals surface area contributed by atoms with Crippen molar-refractivity contribution in [2.45, 2.75) is 67.7 Å². The van der Waals surface area contributed by atoms with E-state index >= 15 is 0 Å². The Morgan fingerprint density at radius 2 is 2.05 bits per heavy atom. The fraction of sp³-hybridized carbons (Fsp3) is 0.588. The smallest absolute Gasteiger partial charge is 0.237 e. The van der Waals surface area contributed by atoms with Gasteiger partial charge in [-0.3, -0.25) is 4.79 Å². The van der Waals surface area contributed by atoms with Gasteiger partial charge in [0.25, 0.3) is 0 Å². The highest BCUT2D eigenvalue weighted by Gasteiger charge is 2.46. The number of amides is 1. The molecule has 0 bridgehead atoms. The van der Waals surface area contributed by atoms with Crippen LogP contribution in [-0.4, -0.2) is 22.7 Å². The summed E-state index contributed by atoms with van der Waals surface area (Å²) in [6.07, 6.45) is 5.16. The summed E-state index contributed by atoms with van der Waals surface area (Å²) in [4.78, 5) is 13.2. The zero-order chi connectivity index (χ0) is 15.0. The van der Waals surface area contributed by atoms with Crippen LogP contribution in [0.2, 0.25) is 0 Å². The highest BCUT2D eigenvalue weighted by Crippen LogP contribution is 2.42. The molecule has 1 amide bonds. The Morgan fingerprint density at radius 3 is 2.67 bits per heavy atom. The minimum Gasteiger partial charge on any atom is -0.368 e. The van der Waals surface area contributed by atoms with E-state index in [2.05, 4.69) is 37.4 Å². The average molecular weight is 304 g/mol. The summed E-state index contributed by atoms with van der Waals surface area (Å²) < 4.78 is 0. The maximum Gasteiger partial charge on any atom is 0.237 e. The number of primary amides is 1. The minimum atomic E-state index is -0.460. The molecule has 3 N–H and O–H groups in total. The molecule has 4 heteroatoms. The van der Waals surface area contributed by atoms with Crippen LogP contribution in [0.15, 0.2) is 23.1 Å². The topological polar surface area (TPSA) is 55.1 Å². The Balaban J connectivity index is 1.67. The van der Waals surface area contributed by atoms with Crippen molar-refractivity contribution in [3.05, 3.63) is 29.3 Å². The van der Waals surface area contributed by atoms with E-state index in [1.165, 1.54) is 28.9 Å². The summed E-state index contributed by atoms with van der Waals surface area (Å²) in [6, 6.07) is 7.13. The number of benzene rings is 1. The number of carbonyl (C=O) groups is 1. The van der Waals surface area contributed by atoms with Gasteiger partial charge in [0.05, 0.1) is 5.54 Å². The van der Waals surface area contributed by atoms with E-state index in [1.807, 2.05) is 11.8 Å². The fourth-order valence-corrected chi connectivity index (χ4v) is 4.50. The number of thioether (sulfide) groups is 1. The van der Waals surface area contributed by atoms with Gasteiger partial charge in [-0.2, -0.15) is 0 Å². The van der Waals surface area contributed by atoms with Crippen LogP contribution in [0.3, 0.4) is 0 Å². The van der Waals surface area contributed by atoms with Crippen molar-refractivity contribution in [2.24, 2.45) is 5.73 Å². The third-order valence-electron chi connectivity index (χ3n) is 4.78. The molecule has 2 unspecified atom stereocenters. The summed E-state index contributed by atoms with van der Waals surface area (Å²) >= 11 is 1.89. The van der Waals surface area contributed by atoms with Crippen molar-refractivity contribution < 1.29 is 4.79 Å². The van der Waals surface area contributed by atoms with Crippen LogP contribution < -0.4 is 11.1 Å². The maximum atomic E-state index is 11.9. The van der Waals surface area contributed by atoms with Crippen molar-refractivity contribution in [3.63, 3.8) is 0 Å². The predicted octanol–water partition coefficient (Wildman–Crippen LogP) is 2.92. The Bertz CT molecular complexity index is 556. The molecule has 0 aromatic heterocycles. The summed E-state index contributed by atoms with van der Waals surface area (Å²) in [5.74, 6) is -0.169. The standard InChI is InChI=1S/C17H24N2OS/c1-11-3-6-14(9-12(11)2)21-15-7-8-17(10-15,16(18)20)19-13-4-5-13/h3,6,9,13,15,19H,4-5,7-8,10H2,1-2H3,(H2,18,20). The summed E-state index contributed by atoms with van der Waals surface area (Å²) in [5.41, 5.74) is 7.89. The van der Waals surface area contributed by atoms with Gasteiger partial charge in [0.2, 0.25) is 5.91 Å². The van der Waals surface area contributed by atoms with Gasteiger partial charge in [-0.1, -0.05) is 6.07 Å². The molecule has 2 atom stereocenters. The summed E-state index contributed by atoms with van der Waals surface area (Å²) in [7, 11) is 0. The molecule has 1 aromatic rings. The lowest BCUT2D eigenvalue weighted by atomic mass is 9.96. The van der Waals surface area contributed by atoms with Crippen molar-refractivity contribution >= 4 is 17.7 Å². The molecule has 0 saturated heterocycles. The van der Waals surface area contributed by atoms with Crippen LogP contribution in [0.1, 0.15) is 43.2 Å². The average Bonchev–Trinajstić information content (AvgIpc) is 3.14. The lowest BCUT2D eigenvalue weighted by Gasteiger charge is -2.27. The molecule has 0 spiro atoms. The Hall–Kier alpha value is -1.00. The first-order valence-corrected chi connectivity index (χ1v) is 8.68. The normalized spacial score (nSPS) is 28.8. The second-order valence-corrected chi connectivity index (χ2v) is 7.97. The minimum absolute atomic E-state index is 0.169. The van der Waals surface area contributed by atoms with Crippen molar-refractivity contribution in [1.29, 1.82) is 0 Å². The van der Waals surface area contributed by atoms with Crippen LogP contribution in [0.4, 0.5) is 0 Å². The van der Waals surface area contributed by atoms with Gasteiger partial charge in [0.1, 0.15) is 0 Å². The Morgan fingerprint density at radius 1 is 1.29 bits per heavy atom. The molecule has 2 fully saturated rings. The second kappa shape index (κ2) is 5.65. The van der Waals surface area contributed by atoms with Gasteiger partial charge in [-0.15, -0.1) is 11.8 Å². The first kappa shape index (κ1) is 14.9. The number of rotatable bonds is 5. The molecule has 2 aliphatic rings. The van der Waals surface area contributed by atoms with E-state index in [0.717, 1.165) is 19.3 Å². The van der Waals surface area contributed by atoms with Gasteiger partial charge >= 0.3 is 0 Å². The maximum absolute atomic E-state index is 11.9. The van der Waals surface area contributed by atoms with Gasteiger partial charge in [0.15, 0.2) is 0 Å². The summed E-state index contributed by atoms with van der Waals surface area (Å²) in [6.45, 7) is 4.29. The van der Waals surface area contributed by atoms with Crippen LogP contribution >= 0.6 is 11.8 Å². The number of hydrogen-bond acceptors (Lipinski definition) is 3. The SMILES string of the molecule is Cc1ccc(SC2CCC(NC3CC3)(C(N)=O)C2)cc1C. The van der Waals surface area contributed by atoms with Crippen LogP contribution in [0, 0.1) is 13.8 Å². The number of nitrogens with two attached hydrogens (primary N) is 1. The van der Waals surface area contributed by atoms with E-state index in [9.17, 15) is 4.79 Å². The van der Waals surface area contributed by atoms with Gasteiger partial charge in [0, 0.05) is 16.2 Å². The van der Waals surface area contributed by atoms with E-state index < -0.39 is 5.54 Å². The molecule has 2 aliphatic carbocycles. The molecule has 21 heavy (non-hydrogen) atoms. The zero-order valence-electron chi connectivity index (χ0n) is 12.8. The van der Waals surface area contributed by atoms with Gasteiger partial charge in [-0.25, -0.2) is 0 Å². The Labute approximate surface area is 131 Å². The van der Waals surface area contributed by atoms with Crippen LogP contribution in [0.5, 0.6) is 0 Å². The monoisotopic (exact) mass is 304 g/mol. The van der Waals surface area contributed by atoms with E-state index in [0.29, 0.717) is 11.3 Å². The molecule has 3 rings (SSSR count). The van der Waals surface area contributed by atoms with E-state index in [1.54, 1.807) is 0 Å². The molecule has 0 heterocycles. The number of hydrogen-bond donors (Lipinski definition) is 2. The molecule has 114 valence electrons. The summed E-state index contributed by atoms with van der Waals surface area (Å²) in [5, 5.41) is 3.99. The highest BCUT2D eigenvalue weighted by molar-refractivity contribution is 8.00. The number of carbonyl (C=O) groups excluding carboxylic acids is 1. The molecular formula is C17H24N2OS. The van der Waals surface area contributed by atoms with Crippen molar-refractivity contribution in [2.75, 3.05) is 0 Å². The number of nitrogens with one attached hydrogen (secondary N) is 1. The lowest BCUT2D eigenvalue weighted by molar-refractivity contribution is -0.124. The van der Waals surface area contributed by atoms with E-state index in [-0.39, 0.29) is 5.91 Å². The highest BCUT2D eigenvalue weighted by atomic mass is 32.2. The molecule has 2 saturated carbocycles. The second-order valence-electron chi connectivity index (χ2n) is 6.59.